The Labute approximate surface area is 95.0 Å². The zero-order valence-corrected chi connectivity index (χ0v) is 10.7. The van der Waals surface area contributed by atoms with Gasteiger partial charge in [0.2, 0.25) is 0 Å². The minimum atomic E-state index is 0.228. The van der Waals surface area contributed by atoms with Gasteiger partial charge >= 0.3 is 0 Å². The molecule has 2 unspecified atom stereocenters. The lowest BCUT2D eigenvalue weighted by Gasteiger charge is -2.34. The molecule has 0 heterocycles. The lowest BCUT2D eigenvalue weighted by Crippen LogP contribution is -2.51. The average Bonchev–Trinajstić information content (AvgIpc) is 2.92. The molecule has 0 aromatic carbocycles. The summed E-state index contributed by atoms with van der Waals surface area (Å²) in [6, 6.07) is 0. The van der Waals surface area contributed by atoms with Crippen LogP contribution >= 0.6 is 0 Å². The molecule has 0 bridgehead atoms. The van der Waals surface area contributed by atoms with Gasteiger partial charge in [0.25, 0.3) is 0 Å². The summed E-state index contributed by atoms with van der Waals surface area (Å²) in [5.41, 5.74) is 6.19. The molecule has 90 valence electrons. The first-order chi connectivity index (χ1) is 7.17. The molecular formula is C13H28N2. The van der Waals surface area contributed by atoms with E-state index in [0.717, 1.165) is 18.4 Å². The number of hydrogen-bond acceptors (Lipinski definition) is 2. The van der Waals surface area contributed by atoms with Crippen molar-refractivity contribution in [3.05, 3.63) is 0 Å². The van der Waals surface area contributed by atoms with E-state index in [1.807, 2.05) is 0 Å². The van der Waals surface area contributed by atoms with Crippen molar-refractivity contribution in [2.24, 2.45) is 17.6 Å². The quantitative estimate of drug-likeness (QED) is 0.649. The fourth-order valence-corrected chi connectivity index (χ4v) is 2.57. The van der Waals surface area contributed by atoms with E-state index in [9.17, 15) is 0 Å². The Morgan fingerprint density at radius 3 is 2.13 bits per heavy atom. The largest absolute Gasteiger partial charge is 0.329 e. The second-order valence-electron chi connectivity index (χ2n) is 5.34. The summed E-state index contributed by atoms with van der Waals surface area (Å²) in [7, 11) is 0. The molecule has 2 atom stereocenters. The number of rotatable bonds is 8. The summed E-state index contributed by atoms with van der Waals surface area (Å²) in [6.07, 6.45) is 6.30. The van der Waals surface area contributed by atoms with Crippen LogP contribution in [-0.4, -0.2) is 18.6 Å². The van der Waals surface area contributed by atoms with E-state index in [0.29, 0.717) is 0 Å². The topological polar surface area (TPSA) is 38.0 Å². The van der Waals surface area contributed by atoms with E-state index in [1.54, 1.807) is 0 Å². The molecule has 15 heavy (non-hydrogen) atoms. The van der Waals surface area contributed by atoms with Gasteiger partial charge in [-0.1, -0.05) is 33.6 Å². The van der Waals surface area contributed by atoms with Crippen molar-refractivity contribution in [1.82, 2.24) is 5.32 Å². The Morgan fingerprint density at radius 1 is 1.27 bits per heavy atom. The zero-order valence-electron chi connectivity index (χ0n) is 10.7. The minimum Gasteiger partial charge on any atom is -0.329 e. The van der Waals surface area contributed by atoms with Gasteiger partial charge in [0.1, 0.15) is 0 Å². The lowest BCUT2D eigenvalue weighted by atomic mass is 9.88. The van der Waals surface area contributed by atoms with Gasteiger partial charge < -0.3 is 11.1 Å². The smallest absolute Gasteiger partial charge is 0.0303 e. The van der Waals surface area contributed by atoms with Crippen LogP contribution in [0.2, 0.25) is 0 Å². The molecular weight excluding hydrogens is 184 g/mol. The molecule has 0 saturated heterocycles. The second kappa shape index (κ2) is 5.86. The van der Waals surface area contributed by atoms with Crippen LogP contribution in [0.3, 0.4) is 0 Å². The molecule has 1 aliphatic carbocycles. The molecule has 2 nitrogen and oxygen atoms in total. The van der Waals surface area contributed by atoms with Gasteiger partial charge in [0.15, 0.2) is 0 Å². The SMILES string of the molecule is CCCC(CN)(CCC)NCC1CC1C. The van der Waals surface area contributed by atoms with Gasteiger partial charge in [-0.25, -0.2) is 0 Å². The molecule has 0 aromatic heterocycles. The van der Waals surface area contributed by atoms with Gasteiger partial charge in [-0.2, -0.15) is 0 Å². The maximum Gasteiger partial charge on any atom is 0.0303 e. The van der Waals surface area contributed by atoms with E-state index < -0.39 is 0 Å². The molecule has 1 rings (SSSR count). The van der Waals surface area contributed by atoms with Crippen LogP contribution in [0, 0.1) is 11.8 Å². The normalized spacial score (nSPS) is 25.6. The Hall–Kier alpha value is -0.0800. The third-order valence-corrected chi connectivity index (χ3v) is 3.86. The van der Waals surface area contributed by atoms with Crippen molar-refractivity contribution in [2.45, 2.75) is 58.4 Å². The average molecular weight is 212 g/mol. The van der Waals surface area contributed by atoms with Crippen LogP contribution in [0.1, 0.15) is 52.9 Å². The molecule has 3 N–H and O–H groups in total. The summed E-state index contributed by atoms with van der Waals surface area (Å²) < 4.78 is 0. The number of nitrogens with one attached hydrogen (secondary N) is 1. The minimum absolute atomic E-state index is 0.228. The maximum absolute atomic E-state index is 5.96. The predicted molar refractivity (Wildman–Crippen MR) is 66.9 cm³/mol. The van der Waals surface area contributed by atoms with Crippen molar-refractivity contribution < 1.29 is 0 Å². The van der Waals surface area contributed by atoms with E-state index in [-0.39, 0.29) is 5.54 Å². The van der Waals surface area contributed by atoms with Crippen LogP contribution in [0.5, 0.6) is 0 Å². The van der Waals surface area contributed by atoms with Crippen LogP contribution in [-0.2, 0) is 0 Å². The first-order valence-corrected chi connectivity index (χ1v) is 6.62. The number of hydrogen-bond donors (Lipinski definition) is 2. The van der Waals surface area contributed by atoms with Crippen LogP contribution in [0.15, 0.2) is 0 Å². The Bertz CT molecular complexity index is 173. The van der Waals surface area contributed by atoms with Crippen molar-refractivity contribution in [2.75, 3.05) is 13.1 Å². The highest BCUT2D eigenvalue weighted by atomic mass is 15.0. The molecule has 0 aromatic rings. The standard InChI is InChI=1S/C13H28N2/c1-4-6-13(10-14,7-5-2)15-9-12-8-11(12)3/h11-12,15H,4-10,14H2,1-3H3. The number of nitrogens with two attached hydrogens (primary N) is 1. The molecule has 1 aliphatic rings. The molecule has 2 heteroatoms. The highest BCUT2D eigenvalue weighted by Gasteiger charge is 2.35. The first kappa shape index (κ1) is 13.0. The Morgan fingerprint density at radius 2 is 1.80 bits per heavy atom. The van der Waals surface area contributed by atoms with Crippen molar-refractivity contribution >= 4 is 0 Å². The van der Waals surface area contributed by atoms with Crippen LogP contribution in [0.4, 0.5) is 0 Å². The molecule has 1 fully saturated rings. The van der Waals surface area contributed by atoms with Crippen LogP contribution < -0.4 is 11.1 Å². The van der Waals surface area contributed by atoms with Gasteiger partial charge in [-0.15, -0.1) is 0 Å². The van der Waals surface area contributed by atoms with Crippen molar-refractivity contribution in [3.63, 3.8) is 0 Å². The van der Waals surface area contributed by atoms with Crippen LogP contribution in [0.25, 0.3) is 0 Å². The summed E-state index contributed by atoms with van der Waals surface area (Å²) in [5.74, 6) is 1.86. The summed E-state index contributed by atoms with van der Waals surface area (Å²) >= 11 is 0. The molecule has 0 aliphatic heterocycles. The third kappa shape index (κ3) is 3.76. The second-order valence-corrected chi connectivity index (χ2v) is 5.34. The maximum atomic E-state index is 5.96. The Kier molecular flexibility index (Phi) is 5.07. The predicted octanol–water partition coefficient (Wildman–Crippen LogP) is 2.53. The highest BCUT2D eigenvalue weighted by molar-refractivity contribution is 4.92. The van der Waals surface area contributed by atoms with Gasteiger partial charge in [0.05, 0.1) is 0 Å². The molecule has 0 amide bonds. The fourth-order valence-electron chi connectivity index (χ4n) is 2.57. The van der Waals surface area contributed by atoms with Gasteiger partial charge in [0, 0.05) is 12.1 Å². The fraction of sp³-hybridized carbons (Fsp3) is 1.00. The van der Waals surface area contributed by atoms with Gasteiger partial charge in [-0.05, 0) is 37.6 Å². The molecule has 0 radical (unpaired) electrons. The monoisotopic (exact) mass is 212 g/mol. The van der Waals surface area contributed by atoms with E-state index >= 15 is 0 Å². The van der Waals surface area contributed by atoms with E-state index in [1.165, 1.54) is 38.6 Å². The van der Waals surface area contributed by atoms with Crippen molar-refractivity contribution in [1.29, 1.82) is 0 Å². The summed E-state index contributed by atoms with van der Waals surface area (Å²) in [6.45, 7) is 8.81. The van der Waals surface area contributed by atoms with Gasteiger partial charge in [-0.3, -0.25) is 0 Å². The van der Waals surface area contributed by atoms with E-state index in [2.05, 4.69) is 26.1 Å². The molecule has 0 spiro atoms. The lowest BCUT2D eigenvalue weighted by molar-refractivity contribution is 0.278. The van der Waals surface area contributed by atoms with Crippen molar-refractivity contribution in [3.8, 4) is 0 Å². The zero-order chi connectivity index (χ0) is 11.3. The summed E-state index contributed by atoms with van der Waals surface area (Å²) in [4.78, 5) is 0. The van der Waals surface area contributed by atoms with E-state index in [4.69, 9.17) is 5.73 Å². The Balaban J connectivity index is 2.38. The molecule has 1 saturated carbocycles. The first-order valence-electron chi connectivity index (χ1n) is 6.62. The highest BCUT2D eigenvalue weighted by Crippen LogP contribution is 2.37. The summed E-state index contributed by atoms with van der Waals surface area (Å²) in [5, 5.41) is 3.75. The third-order valence-electron chi connectivity index (χ3n) is 3.86.